The summed E-state index contributed by atoms with van der Waals surface area (Å²) in [5.74, 6) is 1.83. The molecule has 0 bridgehead atoms. The van der Waals surface area contributed by atoms with E-state index in [0.29, 0.717) is 0 Å². The summed E-state index contributed by atoms with van der Waals surface area (Å²) in [6, 6.07) is 28.7. The van der Waals surface area contributed by atoms with Gasteiger partial charge in [-0.2, -0.15) is 0 Å². The first kappa shape index (κ1) is 19.9. The van der Waals surface area contributed by atoms with Crippen LogP contribution in [-0.2, 0) is 19.2 Å². The first-order valence-corrected chi connectivity index (χ1v) is 12.7. The molecule has 3 aromatic carbocycles. The maximum absolute atomic E-state index is 6.15. The zero-order chi connectivity index (χ0) is 18.4. The van der Waals surface area contributed by atoms with E-state index in [-0.39, 0.29) is 0 Å². The first-order valence-electron chi connectivity index (χ1n) is 8.12. The Labute approximate surface area is 187 Å². The van der Waals surface area contributed by atoms with Crippen LogP contribution >= 0.6 is 42.9 Å². The Hall–Kier alpha value is -0.821. The molecule has 0 aliphatic rings. The fraction of sp³-hybridized carbons (Fsp3) is 0.0909. The second-order valence-corrected chi connectivity index (χ2v) is 6.80. The number of alkyl halides is 1. The number of halogens is 2. The van der Waals surface area contributed by atoms with Gasteiger partial charge in [0.2, 0.25) is 0 Å². The van der Waals surface area contributed by atoms with E-state index in [1.807, 2.05) is 18.2 Å². The monoisotopic (exact) mass is 613 g/mol. The van der Waals surface area contributed by atoms with E-state index in [1.54, 1.807) is 20.3 Å². The summed E-state index contributed by atoms with van der Waals surface area (Å²) in [4.78, 5) is 0. The van der Waals surface area contributed by atoms with Crippen molar-refractivity contribution in [3.05, 3.63) is 84.6 Å². The quantitative estimate of drug-likeness (QED) is 0.101. The number of hydrogen-bond acceptors (Lipinski definition) is 1. The van der Waals surface area contributed by atoms with E-state index in [0.717, 1.165) is 39.1 Å². The van der Waals surface area contributed by atoms with E-state index < -0.39 is 0 Å². The van der Waals surface area contributed by atoms with Crippen LogP contribution in [0.4, 0.5) is 0 Å². The van der Waals surface area contributed by atoms with Crippen molar-refractivity contribution in [1.29, 1.82) is 0 Å². The Morgan fingerprint density at radius 3 is 2.23 bits per heavy atom. The SMILES string of the molecule is ICCc1[c-]c(-c2ccc3ccccc3c2)c(-c2ccccc2)o1.[Cu+][I]. The van der Waals surface area contributed by atoms with Crippen molar-refractivity contribution in [2.45, 2.75) is 6.42 Å². The Balaban J connectivity index is 0.000000948. The summed E-state index contributed by atoms with van der Waals surface area (Å²) in [6.45, 7) is 0. The summed E-state index contributed by atoms with van der Waals surface area (Å²) >= 11 is 8.24. The fourth-order valence-electron chi connectivity index (χ4n) is 2.94. The number of aryl methyl sites for hydroxylation is 1. The van der Waals surface area contributed by atoms with Crippen LogP contribution in [0.2, 0.25) is 0 Å². The van der Waals surface area contributed by atoms with Gasteiger partial charge in [-0.1, -0.05) is 83.3 Å². The van der Waals surface area contributed by atoms with Gasteiger partial charge in [0.15, 0.2) is 0 Å². The molecular weight excluding hydrogens is 598 g/mol. The van der Waals surface area contributed by atoms with Crippen LogP contribution in [0.3, 0.4) is 0 Å². The number of rotatable bonds is 4. The molecule has 1 heterocycles. The summed E-state index contributed by atoms with van der Waals surface area (Å²) in [5, 5.41) is 2.48. The van der Waals surface area contributed by atoms with Gasteiger partial charge in [0.05, 0.1) is 0 Å². The molecule has 0 radical (unpaired) electrons. The summed E-state index contributed by atoms with van der Waals surface area (Å²) in [5.41, 5.74) is 3.29. The van der Waals surface area contributed by atoms with Crippen molar-refractivity contribution in [2.24, 2.45) is 0 Å². The average Bonchev–Trinajstić information content (AvgIpc) is 3.14. The van der Waals surface area contributed by atoms with Crippen LogP contribution in [0.1, 0.15) is 5.76 Å². The molecule has 0 N–H and O–H groups in total. The van der Waals surface area contributed by atoms with Gasteiger partial charge in [0, 0.05) is 22.4 Å². The molecule has 4 rings (SSSR count). The van der Waals surface area contributed by atoms with Crippen LogP contribution in [0.15, 0.2) is 77.2 Å². The van der Waals surface area contributed by atoms with E-state index in [1.165, 1.54) is 10.8 Å². The normalized spacial score (nSPS) is 10.5. The molecule has 26 heavy (non-hydrogen) atoms. The molecule has 1 nitrogen and oxygen atoms in total. The molecule has 0 aliphatic carbocycles. The molecule has 4 heteroatoms. The van der Waals surface area contributed by atoms with Crippen LogP contribution in [-0.4, -0.2) is 4.43 Å². The van der Waals surface area contributed by atoms with Crippen molar-refractivity contribution in [3.63, 3.8) is 0 Å². The van der Waals surface area contributed by atoms with Gasteiger partial charge < -0.3 is 4.42 Å². The number of furan rings is 1. The summed E-state index contributed by atoms with van der Waals surface area (Å²) < 4.78 is 7.17. The third-order valence-corrected chi connectivity index (χ3v) is 4.65. The van der Waals surface area contributed by atoms with E-state index in [9.17, 15) is 0 Å². The van der Waals surface area contributed by atoms with Crippen LogP contribution < -0.4 is 0 Å². The van der Waals surface area contributed by atoms with Crippen LogP contribution in [0.25, 0.3) is 33.2 Å². The molecule has 0 fully saturated rings. The van der Waals surface area contributed by atoms with Gasteiger partial charge in [-0.15, -0.1) is 29.3 Å². The Morgan fingerprint density at radius 1 is 0.808 bits per heavy atom. The molecule has 0 amide bonds. The van der Waals surface area contributed by atoms with Gasteiger partial charge in [0.1, 0.15) is 0 Å². The average molecular weight is 614 g/mol. The van der Waals surface area contributed by atoms with Crippen LogP contribution in [0.5, 0.6) is 0 Å². The van der Waals surface area contributed by atoms with Gasteiger partial charge in [-0.25, -0.2) is 0 Å². The summed E-state index contributed by atoms with van der Waals surface area (Å²) in [7, 11) is 0. The second kappa shape index (κ2) is 9.92. The molecule has 0 saturated carbocycles. The van der Waals surface area contributed by atoms with Crippen molar-refractivity contribution in [1.82, 2.24) is 0 Å². The second-order valence-electron chi connectivity index (χ2n) is 5.72. The van der Waals surface area contributed by atoms with Crippen LogP contribution in [0, 0.1) is 6.07 Å². The molecule has 1 aromatic heterocycles. The molecule has 135 valence electrons. The zero-order valence-electron chi connectivity index (χ0n) is 13.8. The molecule has 4 aromatic rings. The van der Waals surface area contributed by atoms with E-state index in [2.05, 4.69) is 96.0 Å². The number of benzene rings is 3. The zero-order valence-corrected chi connectivity index (χ0v) is 19.1. The molecular formula is C22H16CuI2O. The van der Waals surface area contributed by atoms with Crippen molar-refractivity contribution < 1.29 is 17.2 Å². The van der Waals surface area contributed by atoms with Gasteiger partial charge in [0.25, 0.3) is 0 Å². The topological polar surface area (TPSA) is 13.1 Å². The fourth-order valence-corrected chi connectivity index (χ4v) is 3.43. The van der Waals surface area contributed by atoms with Crippen molar-refractivity contribution >= 4 is 53.7 Å². The molecule has 0 spiro atoms. The standard InChI is InChI=1S/C22H16IO.Cu.HI/c23-13-12-20-15-21(22(24-20)17-7-2-1-3-8-17)19-11-10-16-6-4-5-9-18(16)14-19;;/h1-11,14H,12-13H2;;1H/q-1;+2;/p-1. The maximum atomic E-state index is 6.15. The van der Waals surface area contributed by atoms with Crippen molar-refractivity contribution in [2.75, 3.05) is 4.43 Å². The molecule has 0 unspecified atom stereocenters. The third kappa shape index (κ3) is 4.53. The molecule has 0 saturated heterocycles. The Morgan fingerprint density at radius 2 is 1.50 bits per heavy atom. The number of fused-ring (bicyclic) bond motifs is 1. The molecule has 0 aliphatic heterocycles. The van der Waals surface area contributed by atoms with E-state index in [4.69, 9.17) is 4.42 Å². The van der Waals surface area contributed by atoms with Crippen molar-refractivity contribution in [3.8, 4) is 22.5 Å². The van der Waals surface area contributed by atoms with Gasteiger partial charge in [-0.3, -0.25) is 0 Å². The Kier molecular flexibility index (Phi) is 7.61. The van der Waals surface area contributed by atoms with E-state index >= 15 is 0 Å². The summed E-state index contributed by atoms with van der Waals surface area (Å²) in [6.07, 6.45) is 0.897. The first-order chi connectivity index (χ1) is 12.8. The predicted octanol–water partition coefficient (Wildman–Crippen LogP) is 7.43. The van der Waals surface area contributed by atoms with Gasteiger partial charge >= 0.3 is 33.1 Å². The molecule has 0 atom stereocenters. The third-order valence-electron chi connectivity index (χ3n) is 4.11. The minimum absolute atomic E-state index is 0.897. The van der Waals surface area contributed by atoms with Gasteiger partial charge in [-0.05, 0) is 16.3 Å². The minimum atomic E-state index is 0.897. The number of hydrogen-bond donors (Lipinski definition) is 0. The Bertz CT molecular complexity index is 980. The predicted molar refractivity (Wildman–Crippen MR) is 123 cm³/mol.